The predicted octanol–water partition coefficient (Wildman–Crippen LogP) is 3.49. The number of hydrogen-bond donors (Lipinski definition) is 1. The molecule has 0 saturated carbocycles. The predicted molar refractivity (Wildman–Crippen MR) is 75.1 cm³/mol. The van der Waals surface area contributed by atoms with E-state index >= 15 is 0 Å². The number of unbranched alkanes of at least 4 members (excludes halogenated alkanes) is 1. The third-order valence-corrected chi connectivity index (χ3v) is 2.95. The Morgan fingerprint density at radius 1 is 1.12 bits per heavy atom. The number of carbonyl (C=O) groups is 1. The molecule has 0 heterocycles. The second-order valence-electron chi connectivity index (χ2n) is 4.43. The van der Waals surface area contributed by atoms with Crippen LogP contribution in [-0.4, -0.2) is 19.9 Å². The maximum absolute atomic E-state index is 10.1. The van der Waals surface area contributed by atoms with Crippen molar-refractivity contribution in [2.75, 3.05) is 13.6 Å². The molecule has 1 unspecified atom stereocenters. The van der Waals surface area contributed by atoms with Gasteiger partial charge >= 0.3 is 0 Å². The lowest BCUT2D eigenvalue weighted by Gasteiger charge is -2.15. The van der Waals surface area contributed by atoms with Crippen LogP contribution in [0.4, 0.5) is 0 Å². The second kappa shape index (κ2) is 13.2. The van der Waals surface area contributed by atoms with E-state index in [4.69, 9.17) is 0 Å². The molecule has 0 aromatic rings. The van der Waals surface area contributed by atoms with Crippen molar-refractivity contribution in [2.45, 2.75) is 45.4 Å². The van der Waals surface area contributed by atoms with E-state index in [0.717, 1.165) is 25.2 Å². The molecule has 0 fully saturated rings. The highest BCUT2D eigenvalue weighted by molar-refractivity contribution is 5.65. The van der Waals surface area contributed by atoms with Crippen LogP contribution < -0.4 is 5.32 Å². The van der Waals surface area contributed by atoms with Crippen molar-refractivity contribution in [1.29, 1.82) is 0 Å². The van der Waals surface area contributed by atoms with E-state index in [1.165, 1.54) is 38.2 Å². The normalized spacial score (nSPS) is 13.5. The van der Waals surface area contributed by atoms with Gasteiger partial charge < -0.3 is 5.32 Å². The van der Waals surface area contributed by atoms with Gasteiger partial charge in [0.05, 0.1) is 0 Å². The van der Waals surface area contributed by atoms with Gasteiger partial charge in [-0.05, 0) is 44.8 Å². The molecule has 1 atom stereocenters. The minimum absolute atomic E-state index is 0.807. The smallest absolute Gasteiger partial charge is 0.142 e. The molecular formula is C15H27NO. The molecule has 0 aromatic carbocycles. The molecule has 0 aromatic heterocycles. The zero-order valence-electron chi connectivity index (χ0n) is 11.3. The van der Waals surface area contributed by atoms with Crippen LogP contribution >= 0.6 is 0 Å². The highest BCUT2D eigenvalue weighted by Crippen LogP contribution is 2.18. The van der Waals surface area contributed by atoms with Gasteiger partial charge in [0.2, 0.25) is 0 Å². The molecule has 0 saturated heterocycles. The van der Waals surface area contributed by atoms with E-state index in [0.29, 0.717) is 0 Å². The zero-order chi connectivity index (χ0) is 12.8. The van der Waals surface area contributed by atoms with Gasteiger partial charge in [-0.25, -0.2) is 0 Å². The molecule has 2 heteroatoms. The summed E-state index contributed by atoms with van der Waals surface area (Å²) in [5.41, 5.74) is 0. The molecule has 2 nitrogen and oxygen atoms in total. The van der Waals surface area contributed by atoms with Crippen LogP contribution in [0.5, 0.6) is 0 Å². The van der Waals surface area contributed by atoms with Crippen LogP contribution in [0, 0.1) is 5.92 Å². The summed E-state index contributed by atoms with van der Waals surface area (Å²) in [5, 5.41) is 3.22. The van der Waals surface area contributed by atoms with E-state index in [1.807, 2.05) is 13.1 Å². The monoisotopic (exact) mass is 237 g/mol. The van der Waals surface area contributed by atoms with E-state index in [9.17, 15) is 4.79 Å². The van der Waals surface area contributed by atoms with Gasteiger partial charge in [-0.3, -0.25) is 4.79 Å². The van der Waals surface area contributed by atoms with Crippen LogP contribution in [0.1, 0.15) is 45.4 Å². The maximum Gasteiger partial charge on any atom is 0.142 e. The number of aldehydes is 1. The molecule has 0 rings (SSSR count). The Hall–Kier alpha value is -0.890. The highest BCUT2D eigenvalue weighted by atomic mass is 16.1. The van der Waals surface area contributed by atoms with Gasteiger partial charge in [0.15, 0.2) is 0 Å². The number of nitrogens with one attached hydrogen (secondary N) is 1. The van der Waals surface area contributed by atoms with Gasteiger partial charge in [-0.1, -0.05) is 44.4 Å². The first kappa shape index (κ1) is 16.1. The average molecular weight is 237 g/mol. The summed E-state index contributed by atoms with van der Waals surface area (Å²) in [7, 11) is 2.01. The third-order valence-electron chi connectivity index (χ3n) is 2.95. The second-order valence-corrected chi connectivity index (χ2v) is 4.43. The molecule has 0 aliphatic rings. The molecular weight excluding hydrogens is 210 g/mol. The maximum atomic E-state index is 10.1. The lowest BCUT2D eigenvalue weighted by molar-refractivity contribution is -0.104. The van der Waals surface area contributed by atoms with Gasteiger partial charge in [0.1, 0.15) is 6.29 Å². The molecule has 17 heavy (non-hydrogen) atoms. The van der Waals surface area contributed by atoms with Gasteiger partial charge in [-0.2, -0.15) is 0 Å². The van der Waals surface area contributed by atoms with Crippen molar-refractivity contribution in [3.05, 3.63) is 24.3 Å². The Labute approximate surface area is 106 Å². The van der Waals surface area contributed by atoms with Crippen LogP contribution in [0.2, 0.25) is 0 Å². The van der Waals surface area contributed by atoms with E-state index < -0.39 is 0 Å². The van der Waals surface area contributed by atoms with Gasteiger partial charge in [-0.15, -0.1) is 0 Å². The summed E-state index contributed by atoms with van der Waals surface area (Å²) in [4.78, 5) is 10.1. The Morgan fingerprint density at radius 3 is 2.59 bits per heavy atom. The zero-order valence-corrected chi connectivity index (χ0v) is 11.3. The van der Waals surface area contributed by atoms with Crippen LogP contribution in [-0.2, 0) is 4.79 Å². The average Bonchev–Trinajstić information content (AvgIpc) is 2.35. The standard InChI is InChI=1S/C15H27NO/c1-3-4-10-15(12-13-16-2)11-8-6-5-7-9-14-17/h5-7,9,14-16H,3-4,8,10-13H2,1-2H3/b6-5-,9-7+. The minimum atomic E-state index is 0.807. The summed E-state index contributed by atoms with van der Waals surface area (Å²) in [6.45, 7) is 3.36. The van der Waals surface area contributed by atoms with Crippen molar-refractivity contribution in [1.82, 2.24) is 5.32 Å². The summed E-state index contributed by atoms with van der Waals surface area (Å²) in [6.07, 6.45) is 15.8. The van der Waals surface area contributed by atoms with Crippen molar-refractivity contribution in [3.8, 4) is 0 Å². The third kappa shape index (κ3) is 11.4. The number of rotatable bonds is 11. The molecule has 0 radical (unpaired) electrons. The van der Waals surface area contributed by atoms with Crippen molar-refractivity contribution >= 4 is 6.29 Å². The first-order valence-corrected chi connectivity index (χ1v) is 6.76. The fourth-order valence-corrected chi connectivity index (χ4v) is 1.89. The number of hydrogen-bond acceptors (Lipinski definition) is 2. The molecule has 0 amide bonds. The summed E-state index contributed by atoms with van der Waals surface area (Å²) < 4.78 is 0. The molecule has 0 aliphatic carbocycles. The summed E-state index contributed by atoms with van der Waals surface area (Å²) in [6, 6.07) is 0. The number of carbonyl (C=O) groups excluding carboxylic acids is 1. The Morgan fingerprint density at radius 2 is 1.94 bits per heavy atom. The van der Waals surface area contributed by atoms with Crippen molar-refractivity contribution < 1.29 is 4.79 Å². The van der Waals surface area contributed by atoms with Crippen LogP contribution in [0.25, 0.3) is 0 Å². The minimum Gasteiger partial charge on any atom is -0.320 e. The molecule has 0 aliphatic heterocycles. The van der Waals surface area contributed by atoms with Gasteiger partial charge in [0, 0.05) is 0 Å². The first-order valence-electron chi connectivity index (χ1n) is 6.76. The van der Waals surface area contributed by atoms with E-state index in [2.05, 4.69) is 18.3 Å². The van der Waals surface area contributed by atoms with E-state index in [-0.39, 0.29) is 0 Å². The quantitative estimate of drug-likeness (QED) is 0.338. The topological polar surface area (TPSA) is 29.1 Å². The molecule has 0 spiro atoms. The SMILES string of the molecule is CCCCC(CC/C=C\C=C\C=O)CCNC. The number of allylic oxidation sites excluding steroid dienone is 4. The molecule has 0 bridgehead atoms. The van der Waals surface area contributed by atoms with Crippen molar-refractivity contribution in [3.63, 3.8) is 0 Å². The van der Waals surface area contributed by atoms with Crippen LogP contribution in [0.15, 0.2) is 24.3 Å². The fraction of sp³-hybridized carbons (Fsp3) is 0.667. The Kier molecular flexibility index (Phi) is 12.5. The van der Waals surface area contributed by atoms with E-state index in [1.54, 1.807) is 6.08 Å². The van der Waals surface area contributed by atoms with Crippen LogP contribution in [0.3, 0.4) is 0 Å². The van der Waals surface area contributed by atoms with Crippen molar-refractivity contribution in [2.24, 2.45) is 5.92 Å². The molecule has 1 N–H and O–H groups in total. The first-order chi connectivity index (χ1) is 8.35. The lowest BCUT2D eigenvalue weighted by Crippen LogP contribution is -2.13. The lowest BCUT2D eigenvalue weighted by atomic mass is 9.93. The van der Waals surface area contributed by atoms with Gasteiger partial charge in [0.25, 0.3) is 0 Å². The Bertz CT molecular complexity index is 213. The summed E-state index contributed by atoms with van der Waals surface area (Å²) >= 11 is 0. The fourth-order valence-electron chi connectivity index (χ4n) is 1.89. The highest BCUT2D eigenvalue weighted by Gasteiger charge is 2.06. The Balaban J connectivity index is 3.76. The molecule has 98 valence electrons. The summed E-state index contributed by atoms with van der Waals surface area (Å²) in [5.74, 6) is 0.835. The largest absolute Gasteiger partial charge is 0.320 e.